The van der Waals surface area contributed by atoms with E-state index in [1.165, 1.54) is 4.90 Å². The highest BCUT2D eigenvalue weighted by Gasteiger charge is 2.47. The summed E-state index contributed by atoms with van der Waals surface area (Å²) in [4.78, 5) is 28.1. The van der Waals surface area contributed by atoms with E-state index in [1.807, 2.05) is 45.0 Å². The first-order valence-corrected chi connectivity index (χ1v) is 11.8. The number of nitrogens with zero attached hydrogens (tertiary/aromatic N) is 1. The van der Waals surface area contributed by atoms with Gasteiger partial charge in [-0.15, -0.1) is 0 Å². The van der Waals surface area contributed by atoms with E-state index in [4.69, 9.17) is 21.1 Å². The summed E-state index contributed by atoms with van der Waals surface area (Å²) >= 11 is 6.21. The fraction of sp³-hybridized carbons (Fsp3) is 0.214. The summed E-state index contributed by atoms with van der Waals surface area (Å²) in [6.45, 7) is 6.54. The second kappa shape index (κ2) is 10.2. The lowest BCUT2D eigenvalue weighted by Crippen LogP contribution is -2.29. The average Bonchev–Trinajstić information content (AvgIpc) is 3.11. The molecule has 3 aromatic rings. The molecule has 7 heteroatoms. The SMILES string of the molecule is CCOc1ccc(N2C(=O)C(=O)/C(=C(\O)c3ccc(Cl)c(OCC)c3)C2c2cccc(C)c2)cc1. The van der Waals surface area contributed by atoms with E-state index in [0.29, 0.717) is 46.5 Å². The smallest absolute Gasteiger partial charge is 0.300 e. The molecule has 180 valence electrons. The topological polar surface area (TPSA) is 76.1 Å². The van der Waals surface area contributed by atoms with E-state index in [0.717, 1.165) is 5.56 Å². The molecule has 1 fully saturated rings. The fourth-order valence-electron chi connectivity index (χ4n) is 4.20. The van der Waals surface area contributed by atoms with Gasteiger partial charge in [0.05, 0.1) is 29.9 Å². The summed E-state index contributed by atoms with van der Waals surface area (Å²) < 4.78 is 11.1. The molecule has 0 aromatic heterocycles. The number of ether oxygens (including phenoxy) is 2. The number of aliphatic hydroxyl groups excluding tert-OH is 1. The quantitative estimate of drug-likeness (QED) is 0.246. The van der Waals surface area contributed by atoms with Gasteiger partial charge in [-0.05, 0) is 68.8 Å². The van der Waals surface area contributed by atoms with E-state index in [1.54, 1.807) is 42.5 Å². The zero-order valence-electron chi connectivity index (χ0n) is 19.7. The first-order chi connectivity index (χ1) is 16.8. The number of halogens is 1. The summed E-state index contributed by atoms with van der Waals surface area (Å²) in [7, 11) is 0. The van der Waals surface area contributed by atoms with Gasteiger partial charge in [0, 0.05) is 11.3 Å². The lowest BCUT2D eigenvalue weighted by molar-refractivity contribution is -0.132. The maximum Gasteiger partial charge on any atom is 0.300 e. The van der Waals surface area contributed by atoms with Gasteiger partial charge in [0.2, 0.25) is 0 Å². The van der Waals surface area contributed by atoms with Crippen LogP contribution in [0.15, 0.2) is 72.3 Å². The highest BCUT2D eigenvalue weighted by atomic mass is 35.5. The third-order valence-electron chi connectivity index (χ3n) is 5.73. The predicted octanol–water partition coefficient (Wildman–Crippen LogP) is 6.07. The van der Waals surface area contributed by atoms with Crippen molar-refractivity contribution in [3.8, 4) is 11.5 Å². The Hall–Kier alpha value is -3.77. The molecule has 0 aliphatic carbocycles. The Morgan fingerprint density at radius 3 is 2.34 bits per heavy atom. The molecule has 1 N–H and O–H groups in total. The van der Waals surface area contributed by atoms with E-state index in [-0.39, 0.29) is 11.3 Å². The molecule has 0 radical (unpaired) electrons. The molecule has 1 heterocycles. The molecular weight excluding hydrogens is 466 g/mol. The Morgan fingerprint density at radius 2 is 1.69 bits per heavy atom. The monoisotopic (exact) mass is 491 g/mol. The molecule has 6 nitrogen and oxygen atoms in total. The van der Waals surface area contributed by atoms with Crippen molar-refractivity contribution in [1.82, 2.24) is 0 Å². The van der Waals surface area contributed by atoms with Crippen LogP contribution in [-0.2, 0) is 9.59 Å². The normalized spacial score (nSPS) is 17.0. The minimum atomic E-state index is -0.820. The van der Waals surface area contributed by atoms with Crippen molar-refractivity contribution in [3.05, 3.63) is 94.0 Å². The van der Waals surface area contributed by atoms with Crippen LogP contribution in [0.5, 0.6) is 11.5 Å². The number of amides is 1. The van der Waals surface area contributed by atoms with E-state index in [2.05, 4.69) is 0 Å². The summed E-state index contributed by atoms with van der Waals surface area (Å²) in [5, 5.41) is 11.7. The van der Waals surface area contributed by atoms with Gasteiger partial charge < -0.3 is 14.6 Å². The Labute approximate surface area is 209 Å². The molecule has 3 aromatic carbocycles. The summed E-state index contributed by atoms with van der Waals surface area (Å²) in [6, 6.07) is 18.4. The third kappa shape index (κ3) is 4.75. The van der Waals surface area contributed by atoms with Crippen molar-refractivity contribution in [2.45, 2.75) is 26.8 Å². The molecule has 1 aliphatic rings. The predicted molar refractivity (Wildman–Crippen MR) is 136 cm³/mol. The maximum atomic E-state index is 13.3. The number of anilines is 1. The number of ketones is 1. The van der Waals surface area contributed by atoms with Gasteiger partial charge in [0.1, 0.15) is 17.3 Å². The van der Waals surface area contributed by atoms with E-state index >= 15 is 0 Å². The second-order valence-corrected chi connectivity index (χ2v) is 8.50. The molecule has 1 unspecified atom stereocenters. The summed E-state index contributed by atoms with van der Waals surface area (Å²) in [5.74, 6) is -0.742. The molecule has 1 aliphatic heterocycles. The van der Waals surface area contributed by atoms with Crippen LogP contribution in [0.1, 0.15) is 36.6 Å². The van der Waals surface area contributed by atoms with Gasteiger partial charge in [-0.1, -0.05) is 41.4 Å². The number of hydrogen-bond donors (Lipinski definition) is 1. The number of carbonyl (C=O) groups is 2. The van der Waals surface area contributed by atoms with Crippen LogP contribution in [0.25, 0.3) is 5.76 Å². The van der Waals surface area contributed by atoms with Crippen molar-refractivity contribution < 1.29 is 24.2 Å². The number of carbonyl (C=O) groups excluding carboxylic acids is 2. The van der Waals surface area contributed by atoms with E-state index in [9.17, 15) is 14.7 Å². The van der Waals surface area contributed by atoms with Crippen LogP contribution >= 0.6 is 11.6 Å². The van der Waals surface area contributed by atoms with Crippen LogP contribution in [0.2, 0.25) is 5.02 Å². The highest BCUT2D eigenvalue weighted by Crippen LogP contribution is 2.43. The Morgan fingerprint density at radius 1 is 0.971 bits per heavy atom. The molecule has 0 bridgehead atoms. The van der Waals surface area contributed by atoms with Crippen molar-refractivity contribution in [2.75, 3.05) is 18.1 Å². The minimum Gasteiger partial charge on any atom is -0.507 e. The van der Waals surface area contributed by atoms with Crippen LogP contribution in [0.3, 0.4) is 0 Å². The zero-order chi connectivity index (χ0) is 25.1. The van der Waals surface area contributed by atoms with Crippen molar-refractivity contribution in [2.24, 2.45) is 0 Å². The van der Waals surface area contributed by atoms with Gasteiger partial charge in [-0.2, -0.15) is 0 Å². The molecule has 35 heavy (non-hydrogen) atoms. The van der Waals surface area contributed by atoms with Crippen LogP contribution in [0.4, 0.5) is 5.69 Å². The second-order valence-electron chi connectivity index (χ2n) is 8.09. The molecule has 0 saturated carbocycles. The maximum absolute atomic E-state index is 13.3. The first-order valence-electron chi connectivity index (χ1n) is 11.4. The lowest BCUT2D eigenvalue weighted by atomic mass is 9.94. The molecular formula is C28H26ClNO5. The van der Waals surface area contributed by atoms with Crippen LogP contribution in [-0.4, -0.2) is 30.0 Å². The Balaban J connectivity index is 1.89. The standard InChI is InChI=1S/C28H26ClNO5/c1-4-34-21-12-10-20(11-13-21)30-25(18-8-6-7-17(3)15-18)24(27(32)28(30)33)26(31)19-9-14-22(29)23(16-19)35-5-2/h6-16,25,31H,4-5H2,1-3H3/b26-24-. The molecule has 1 atom stereocenters. The summed E-state index contributed by atoms with van der Waals surface area (Å²) in [5.41, 5.74) is 2.52. The average molecular weight is 492 g/mol. The number of aryl methyl sites for hydroxylation is 1. The van der Waals surface area contributed by atoms with Crippen LogP contribution in [0, 0.1) is 6.92 Å². The minimum absolute atomic E-state index is 0.000689. The number of hydrogen-bond acceptors (Lipinski definition) is 5. The van der Waals surface area contributed by atoms with E-state index < -0.39 is 17.7 Å². The summed E-state index contributed by atoms with van der Waals surface area (Å²) in [6.07, 6.45) is 0. The largest absolute Gasteiger partial charge is 0.507 e. The third-order valence-corrected chi connectivity index (χ3v) is 6.04. The van der Waals surface area contributed by atoms with Gasteiger partial charge >= 0.3 is 0 Å². The lowest BCUT2D eigenvalue weighted by Gasteiger charge is -2.26. The number of benzene rings is 3. The zero-order valence-corrected chi connectivity index (χ0v) is 20.5. The molecule has 0 spiro atoms. The molecule has 1 saturated heterocycles. The van der Waals surface area contributed by atoms with Crippen molar-refractivity contribution in [3.63, 3.8) is 0 Å². The van der Waals surface area contributed by atoms with Gasteiger partial charge in [-0.3, -0.25) is 14.5 Å². The van der Waals surface area contributed by atoms with Crippen molar-refractivity contribution >= 4 is 34.7 Å². The highest BCUT2D eigenvalue weighted by molar-refractivity contribution is 6.51. The fourth-order valence-corrected chi connectivity index (χ4v) is 4.37. The Bertz CT molecular complexity index is 1300. The molecule has 4 rings (SSSR count). The first kappa shape index (κ1) is 24.4. The van der Waals surface area contributed by atoms with Gasteiger partial charge in [-0.25, -0.2) is 0 Å². The Kier molecular flexibility index (Phi) is 7.12. The van der Waals surface area contributed by atoms with Gasteiger partial charge in [0.15, 0.2) is 0 Å². The van der Waals surface area contributed by atoms with Crippen LogP contribution < -0.4 is 14.4 Å². The molecule has 1 amide bonds. The number of rotatable bonds is 7. The number of Topliss-reactive ketones (excluding diaryl/α,β-unsaturated/α-hetero) is 1. The van der Waals surface area contributed by atoms with Crippen molar-refractivity contribution in [1.29, 1.82) is 0 Å². The number of aliphatic hydroxyl groups is 1. The van der Waals surface area contributed by atoms with Gasteiger partial charge in [0.25, 0.3) is 11.7 Å².